The van der Waals surface area contributed by atoms with Crippen molar-refractivity contribution >= 4 is 33.4 Å². The fraction of sp³-hybridized carbons (Fsp3) is 0.538. The van der Waals surface area contributed by atoms with Gasteiger partial charge in [-0.15, -0.1) is 0 Å². The van der Waals surface area contributed by atoms with E-state index in [1.165, 1.54) is 17.9 Å². The van der Waals surface area contributed by atoms with E-state index < -0.39 is 0 Å². The smallest absolute Gasteiger partial charge is 0.163 e. The number of thioether (sulfide) groups is 1. The monoisotopic (exact) mass is 329 g/mol. The van der Waals surface area contributed by atoms with Gasteiger partial charge < -0.3 is 14.8 Å². The van der Waals surface area contributed by atoms with Crippen molar-refractivity contribution in [1.29, 1.82) is 0 Å². The van der Waals surface area contributed by atoms with Gasteiger partial charge in [-0.2, -0.15) is 11.8 Å². The summed E-state index contributed by atoms with van der Waals surface area (Å²) in [6, 6.07) is 4.01. The largest absolute Gasteiger partial charge is 0.486 e. The average Bonchev–Trinajstić information content (AvgIpc) is 2.89. The van der Waals surface area contributed by atoms with Crippen molar-refractivity contribution in [3.63, 3.8) is 0 Å². The lowest BCUT2D eigenvalue weighted by Gasteiger charge is -2.21. The number of anilines is 1. The summed E-state index contributed by atoms with van der Waals surface area (Å²) in [6.45, 7) is 2.30. The molecule has 0 bridgehead atoms. The van der Waals surface area contributed by atoms with Crippen LogP contribution in [-0.2, 0) is 0 Å². The predicted molar refractivity (Wildman–Crippen MR) is 79.1 cm³/mol. The summed E-state index contributed by atoms with van der Waals surface area (Å²) >= 11 is 5.63. The maximum atomic E-state index is 5.60. The Morgan fingerprint density at radius 1 is 1.28 bits per heavy atom. The average molecular weight is 330 g/mol. The lowest BCUT2D eigenvalue weighted by molar-refractivity contribution is 0.171. The Labute approximate surface area is 120 Å². The third kappa shape index (κ3) is 2.72. The molecule has 5 heteroatoms. The van der Waals surface area contributed by atoms with E-state index in [4.69, 9.17) is 9.47 Å². The summed E-state index contributed by atoms with van der Waals surface area (Å²) in [5.74, 6) is 5.03. The first-order valence-corrected chi connectivity index (χ1v) is 8.18. The highest BCUT2D eigenvalue weighted by Gasteiger charge is 2.18. The van der Waals surface area contributed by atoms with Crippen LogP contribution < -0.4 is 14.8 Å². The third-order valence-corrected chi connectivity index (χ3v) is 5.12. The maximum absolute atomic E-state index is 5.60. The summed E-state index contributed by atoms with van der Waals surface area (Å²) < 4.78 is 12.2. The Morgan fingerprint density at radius 3 is 2.78 bits per heavy atom. The highest BCUT2D eigenvalue weighted by atomic mass is 79.9. The molecule has 0 spiro atoms. The Balaban J connectivity index is 1.70. The van der Waals surface area contributed by atoms with Gasteiger partial charge in [0.05, 0.1) is 5.69 Å². The molecular weight excluding hydrogens is 314 g/mol. The molecule has 2 aliphatic heterocycles. The van der Waals surface area contributed by atoms with E-state index in [0.29, 0.717) is 13.2 Å². The van der Waals surface area contributed by atoms with Gasteiger partial charge in [0.25, 0.3) is 0 Å². The number of hydrogen-bond donors (Lipinski definition) is 1. The summed E-state index contributed by atoms with van der Waals surface area (Å²) in [4.78, 5) is 0. The molecule has 0 aromatic heterocycles. The minimum absolute atomic E-state index is 0.630. The third-order valence-electron chi connectivity index (χ3n) is 3.24. The molecule has 0 aliphatic carbocycles. The molecular formula is C13H16BrNO2S. The van der Waals surface area contributed by atoms with E-state index in [1.54, 1.807) is 0 Å². The van der Waals surface area contributed by atoms with Crippen LogP contribution in [0, 0.1) is 5.92 Å². The topological polar surface area (TPSA) is 30.5 Å². The number of halogens is 1. The normalized spacial score (nSPS) is 21.9. The van der Waals surface area contributed by atoms with Crippen LogP contribution in [0.25, 0.3) is 0 Å². The molecule has 0 amide bonds. The Morgan fingerprint density at radius 2 is 2.06 bits per heavy atom. The number of benzene rings is 1. The van der Waals surface area contributed by atoms with Crippen molar-refractivity contribution in [2.75, 3.05) is 36.6 Å². The molecule has 0 saturated carbocycles. The van der Waals surface area contributed by atoms with Crippen molar-refractivity contribution in [3.8, 4) is 11.5 Å². The lowest BCUT2D eigenvalue weighted by Crippen LogP contribution is -2.17. The van der Waals surface area contributed by atoms with E-state index in [0.717, 1.165) is 34.1 Å². The minimum atomic E-state index is 0.630. The van der Waals surface area contributed by atoms with Gasteiger partial charge in [-0.3, -0.25) is 0 Å². The first kappa shape index (κ1) is 12.5. The van der Waals surface area contributed by atoms with Crippen molar-refractivity contribution in [2.45, 2.75) is 6.42 Å². The van der Waals surface area contributed by atoms with Crippen LogP contribution >= 0.6 is 27.7 Å². The molecule has 1 aromatic rings. The zero-order valence-corrected chi connectivity index (χ0v) is 12.5. The number of hydrogen-bond acceptors (Lipinski definition) is 4. The molecule has 2 aliphatic rings. The highest BCUT2D eigenvalue weighted by molar-refractivity contribution is 9.10. The fourth-order valence-corrected chi connectivity index (χ4v) is 3.95. The van der Waals surface area contributed by atoms with Crippen LogP contribution in [0.2, 0.25) is 0 Å². The van der Waals surface area contributed by atoms with E-state index in [2.05, 4.69) is 21.2 Å². The van der Waals surface area contributed by atoms with E-state index in [9.17, 15) is 0 Å². The summed E-state index contributed by atoms with van der Waals surface area (Å²) in [5.41, 5.74) is 1.09. The molecule has 98 valence electrons. The van der Waals surface area contributed by atoms with Crippen LogP contribution in [0.15, 0.2) is 16.6 Å². The standard InChI is InChI=1S/C13H16BrNO2S/c14-10-5-12-13(17-3-2-16-12)6-11(10)15-7-9-1-4-18-8-9/h5-6,9,15H,1-4,7-8H2. The molecule has 1 N–H and O–H groups in total. The van der Waals surface area contributed by atoms with Gasteiger partial charge in [-0.1, -0.05) is 0 Å². The van der Waals surface area contributed by atoms with Crippen LogP contribution in [0.4, 0.5) is 5.69 Å². The van der Waals surface area contributed by atoms with Gasteiger partial charge in [0, 0.05) is 23.2 Å². The van der Waals surface area contributed by atoms with Crippen molar-refractivity contribution in [2.24, 2.45) is 5.92 Å². The molecule has 0 radical (unpaired) electrons. The van der Waals surface area contributed by atoms with Gasteiger partial charge in [0.15, 0.2) is 11.5 Å². The van der Waals surface area contributed by atoms with Gasteiger partial charge >= 0.3 is 0 Å². The first-order valence-electron chi connectivity index (χ1n) is 6.23. The van der Waals surface area contributed by atoms with Crippen LogP contribution in [0.3, 0.4) is 0 Å². The molecule has 1 fully saturated rings. The zero-order valence-electron chi connectivity index (χ0n) is 10.1. The van der Waals surface area contributed by atoms with E-state index in [-0.39, 0.29) is 0 Å². The van der Waals surface area contributed by atoms with Crippen LogP contribution in [0.1, 0.15) is 6.42 Å². The number of ether oxygens (including phenoxy) is 2. The summed E-state index contributed by atoms with van der Waals surface area (Å²) in [6.07, 6.45) is 1.32. The van der Waals surface area contributed by atoms with Gasteiger partial charge in [0.1, 0.15) is 13.2 Å². The maximum Gasteiger partial charge on any atom is 0.163 e. The first-order chi connectivity index (χ1) is 8.83. The molecule has 18 heavy (non-hydrogen) atoms. The lowest BCUT2D eigenvalue weighted by atomic mass is 10.1. The van der Waals surface area contributed by atoms with Gasteiger partial charge in [-0.25, -0.2) is 0 Å². The predicted octanol–water partition coefficient (Wildman–Crippen LogP) is 3.39. The van der Waals surface area contributed by atoms with Crippen LogP contribution in [0.5, 0.6) is 11.5 Å². The number of fused-ring (bicyclic) bond motifs is 1. The second kappa shape index (κ2) is 5.61. The molecule has 3 nitrogen and oxygen atoms in total. The molecule has 2 heterocycles. The zero-order chi connectivity index (χ0) is 12.4. The fourth-order valence-electron chi connectivity index (χ4n) is 2.20. The number of rotatable bonds is 3. The number of nitrogens with one attached hydrogen (secondary N) is 1. The molecule has 1 unspecified atom stereocenters. The van der Waals surface area contributed by atoms with E-state index >= 15 is 0 Å². The van der Waals surface area contributed by atoms with E-state index in [1.807, 2.05) is 23.9 Å². The quantitative estimate of drug-likeness (QED) is 0.920. The Kier molecular flexibility index (Phi) is 3.89. The Hall–Kier alpha value is -0.550. The second-order valence-corrected chi connectivity index (χ2v) is 6.59. The molecule has 1 aromatic carbocycles. The highest BCUT2D eigenvalue weighted by Crippen LogP contribution is 2.38. The van der Waals surface area contributed by atoms with Crippen molar-refractivity contribution in [3.05, 3.63) is 16.6 Å². The summed E-state index contributed by atoms with van der Waals surface area (Å²) in [5, 5.41) is 3.51. The van der Waals surface area contributed by atoms with Crippen molar-refractivity contribution in [1.82, 2.24) is 0 Å². The van der Waals surface area contributed by atoms with Crippen LogP contribution in [-0.4, -0.2) is 31.3 Å². The molecule has 1 atom stereocenters. The second-order valence-electron chi connectivity index (χ2n) is 4.59. The summed E-state index contributed by atoms with van der Waals surface area (Å²) in [7, 11) is 0. The SMILES string of the molecule is Brc1cc2c(cc1NCC1CCSC1)OCCO2. The van der Waals surface area contributed by atoms with Crippen molar-refractivity contribution < 1.29 is 9.47 Å². The van der Waals surface area contributed by atoms with Gasteiger partial charge in [0.2, 0.25) is 0 Å². The minimum Gasteiger partial charge on any atom is -0.486 e. The Bertz CT molecular complexity index is 435. The molecule has 3 rings (SSSR count). The van der Waals surface area contributed by atoms with Gasteiger partial charge in [-0.05, 0) is 39.8 Å². The molecule has 1 saturated heterocycles.